The highest BCUT2D eigenvalue weighted by Gasteiger charge is 2.61. The van der Waals surface area contributed by atoms with Crippen molar-refractivity contribution in [3.8, 4) is 11.5 Å². The third-order valence-corrected chi connectivity index (χ3v) is 7.56. The molecule has 5 unspecified atom stereocenters. The van der Waals surface area contributed by atoms with Gasteiger partial charge in [-0.2, -0.15) is 0 Å². The van der Waals surface area contributed by atoms with Crippen molar-refractivity contribution >= 4 is 17.6 Å². The number of methoxy groups -OCH3 is 2. The van der Waals surface area contributed by atoms with Crippen LogP contribution in [0.1, 0.15) is 25.3 Å². The van der Waals surface area contributed by atoms with Gasteiger partial charge in [0.15, 0.2) is 11.5 Å². The van der Waals surface area contributed by atoms with E-state index in [0.717, 1.165) is 18.7 Å². The number of aromatic hydroxyl groups is 1. The Balaban J connectivity index is 1.56. The van der Waals surface area contributed by atoms with Gasteiger partial charge in [0.25, 0.3) is 0 Å². The molecule has 0 bridgehead atoms. The number of anilines is 1. The molecule has 8 nitrogen and oxygen atoms in total. The van der Waals surface area contributed by atoms with Crippen LogP contribution in [0, 0.1) is 11.8 Å². The number of piperidine rings is 1. The Morgan fingerprint density at radius 1 is 1.37 bits per heavy atom. The van der Waals surface area contributed by atoms with Gasteiger partial charge in [0, 0.05) is 24.4 Å². The maximum atomic E-state index is 13.3. The van der Waals surface area contributed by atoms with Crippen LogP contribution in [0.4, 0.5) is 5.69 Å². The summed E-state index contributed by atoms with van der Waals surface area (Å²) >= 11 is 0. The van der Waals surface area contributed by atoms with E-state index in [1.807, 2.05) is 13.0 Å². The summed E-state index contributed by atoms with van der Waals surface area (Å²) in [5, 5.41) is 13.5. The standard InChI is InChI=1S/C22H26N2O6/c1-11-13-9-24-7-6-22(17(24)8-12(13)14(10-30-11)20(26)29-3)15-4-5-16(28-2)19(25)18(15)23-21(22)27/h4-5,10-13,17,25H,6-9H2,1-3H3,(H,23,27). The van der Waals surface area contributed by atoms with Crippen molar-refractivity contribution in [2.24, 2.45) is 11.8 Å². The van der Waals surface area contributed by atoms with Crippen molar-refractivity contribution < 1.29 is 28.9 Å². The molecule has 30 heavy (non-hydrogen) atoms. The van der Waals surface area contributed by atoms with Gasteiger partial charge in [-0.3, -0.25) is 9.69 Å². The SMILES string of the molecule is COC(=O)C1=COC(C)C2CN3CCC4(C(=O)Nc5c4ccc(OC)c5O)C3CC12. The second kappa shape index (κ2) is 6.63. The number of benzene rings is 1. The van der Waals surface area contributed by atoms with E-state index in [9.17, 15) is 14.7 Å². The van der Waals surface area contributed by atoms with Gasteiger partial charge in [-0.1, -0.05) is 6.07 Å². The summed E-state index contributed by atoms with van der Waals surface area (Å²) in [7, 11) is 2.86. The lowest BCUT2D eigenvalue weighted by Crippen LogP contribution is -2.56. The summed E-state index contributed by atoms with van der Waals surface area (Å²) in [6, 6.07) is 3.51. The monoisotopic (exact) mass is 414 g/mol. The smallest absolute Gasteiger partial charge is 0.337 e. The van der Waals surface area contributed by atoms with E-state index in [1.165, 1.54) is 20.5 Å². The molecule has 4 aliphatic heterocycles. The first-order valence-corrected chi connectivity index (χ1v) is 10.3. The molecule has 4 heterocycles. The second-order valence-corrected chi connectivity index (χ2v) is 8.64. The second-order valence-electron chi connectivity index (χ2n) is 8.64. The molecule has 1 amide bonds. The number of phenolic OH excluding ortho intramolecular Hbond substituents is 1. The van der Waals surface area contributed by atoms with Gasteiger partial charge in [-0.15, -0.1) is 0 Å². The van der Waals surface area contributed by atoms with Gasteiger partial charge in [-0.05, 0) is 37.9 Å². The Morgan fingerprint density at radius 3 is 2.90 bits per heavy atom. The van der Waals surface area contributed by atoms with Gasteiger partial charge >= 0.3 is 5.97 Å². The lowest BCUT2D eigenvalue weighted by Gasteiger charge is -2.48. The zero-order valence-electron chi connectivity index (χ0n) is 17.3. The number of ether oxygens (including phenoxy) is 3. The van der Waals surface area contributed by atoms with Crippen molar-refractivity contribution in [2.75, 3.05) is 32.6 Å². The molecular formula is C22H26N2O6. The van der Waals surface area contributed by atoms with Crippen LogP contribution in [0.3, 0.4) is 0 Å². The predicted octanol–water partition coefficient (Wildman–Crippen LogP) is 1.78. The van der Waals surface area contributed by atoms with Gasteiger partial charge in [-0.25, -0.2) is 4.79 Å². The molecule has 2 saturated heterocycles. The molecule has 0 aromatic heterocycles. The average Bonchev–Trinajstić information content (AvgIpc) is 3.27. The number of phenols is 1. The fraction of sp³-hybridized carbons (Fsp3) is 0.545. The summed E-state index contributed by atoms with van der Waals surface area (Å²) < 4.78 is 16.0. The van der Waals surface area contributed by atoms with Crippen LogP contribution < -0.4 is 10.1 Å². The summed E-state index contributed by atoms with van der Waals surface area (Å²) in [4.78, 5) is 28.1. The van der Waals surface area contributed by atoms with Crippen LogP contribution in [-0.4, -0.2) is 61.3 Å². The zero-order chi connectivity index (χ0) is 21.2. The van der Waals surface area contributed by atoms with Crippen molar-refractivity contribution in [2.45, 2.75) is 37.3 Å². The molecule has 2 fully saturated rings. The molecule has 1 aromatic rings. The number of hydrogen-bond acceptors (Lipinski definition) is 7. The summed E-state index contributed by atoms with van der Waals surface area (Å²) in [5.74, 6) is -0.0717. The molecule has 8 heteroatoms. The minimum absolute atomic E-state index is 0.0149. The Morgan fingerprint density at radius 2 is 2.17 bits per heavy atom. The van der Waals surface area contributed by atoms with Crippen molar-refractivity contribution in [1.29, 1.82) is 0 Å². The minimum Gasteiger partial charge on any atom is -0.503 e. The topological polar surface area (TPSA) is 97.3 Å². The third kappa shape index (κ3) is 2.37. The fourth-order valence-corrected chi connectivity index (χ4v) is 6.02. The molecule has 160 valence electrons. The lowest BCUT2D eigenvalue weighted by atomic mass is 9.66. The van der Waals surface area contributed by atoms with Crippen LogP contribution >= 0.6 is 0 Å². The van der Waals surface area contributed by atoms with Crippen LogP contribution in [0.25, 0.3) is 0 Å². The molecule has 0 aliphatic carbocycles. The Bertz CT molecular complexity index is 959. The number of hydrogen-bond donors (Lipinski definition) is 2. The largest absolute Gasteiger partial charge is 0.503 e. The molecule has 1 aromatic carbocycles. The normalized spacial score (nSPS) is 34.4. The molecule has 5 rings (SSSR count). The minimum atomic E-state index is -0.757. The zero-order valence-corrected chi connectivity index (χ0v) is 17.3. The fourth-order valence-electron chi connectivity index (χ4n) is 6.02. The van der Waals surface area contributed by atoms with Crippen LogP contribution in [0.15, 0.2) is 24.0 Å². The molecule has 5 atom stereocenters. The first-order chi connectivity index (χ1) is 14.4. The van der Waals surface area contributed by atoms with Crippen LogP contribution in [-0.2, 0) is 24.5 Å². The number of nitrogens with one attached hydrogen (secondary N) is 1. The maximum Gasteiger partial charge on any atom is 0.337 e. The molecule has 2 N–H and O–H groups in total. The van der Waals surface area contributed by atoms with Gasteiger partial charge < -0.3 is 24.6 Å². The number of nitrogens with zero attached hydrogens (tertiary/aromatic N) is 1. The van der Waals surface area contributed by atoms with E-state index in [1.54, 1.807) is 6.07 Å². The predicted molar refractivity (Wildman–Crippen MR) is 107 cm³/mol. The maximum absolute atomic E-state index is 13.3. The van der Waals surface area contributed by atoms with Crippen LogP contribution in [0.2, 0.25) is 0 Å². The van der Waals surface area contributed by atoms with E-state index in [2.05, 4.69) is 10.2 Å². The first kappa shape index (κ1) is 19.2. The number of amides is 1. The summed E-state index contributed by atoms with van der Waals surface area (Å²) in [5.41, 5.74) is 1.03. The highest BCUT2D eigenvalue weighted by atomic mass is 16.5. The quantitative estimate of drug-likeness (QED) is 0.562. The third-order valence-electron chi connectivity index (χ3n) is 7.56. The van der Waals surface area contributed by atoms with Gasteiger partial charge in [0.05, 0.1) is 43.3 Å². The number of esters is 1. The van der Waals surface area contributed by atoms with E-state index in [0.29, 0.717) is 29.9 Å². The molecule has 4 aliphatic rings. The number of rotatable bonds is 2. The van der Waals surface area contributed by atoms with E-state index in [4.69, 9.17) is 14.2 Å². The lowest BCUT2D eigenvalue weighted by molar-refractivity contribution is -0.139. The molecule has 0 radical (unpaired) electrons. The van der Waals surface area contributed by atoms with E-state index >= 15 is 0 Å². The van der Waals surface area contributed by atoms with Gasteiger partial charge in [0.2, 0.25) is 5.91 Å². The average molecular weight is 414 g/mol. The van der Waals surface area contributed by atoms with E-state index in [-0.39, 0.29) is 41.6 Å². The van der Waals surface area contributed by atoms with Crippen molar-refractivity contribution in [3.63, 3.8) is 0 Å². The van der Waals surface area contributed by atoms with E-state index < -0.39 is 5.41 Å². The summed E-state index contributed by atoms with van der Waals surface area (Å²) in [6.07, 6.45) is 2.83. The number of carbonyl (C=O) groups excluding carboxylic acids is 2. The highest BCUT2D eigenvalue weighted by molar-refractivity contribution is 6.09. The Hall–Kier alpha value is -2.74. The van der Waals surface area contributed by atoms with Gasteiger partial charge in [0.1, 0.15) is 0 Å². The van der Waals surface area contributed by atoms with Crippen molar-refractivity contribution in [3.05, 3.63) is 29.5 Å². The first-order valence-electron chi connectivity index (χ1n) is 10.3. The number of carbonyl (C=O) groups is 2. The molecular weight excluding hydrogens is 388 g/mol. The Kier molecular flexibility index (Phi) is 4.25. The van der Waals surface area contributed by atoms with Crippen LogP contribution in [0.5, 0.6) is 11.5 Å². The number of fused-ring (bicyclic) bond motifs is 5. The highest BCUT2D eigenvalue weighted by Crippen LogP contribution is 2.56. The Labute approximate surface area is 174 Å². The summed E-state index contributed by atoms with van der Waals surface area (Å²) in [6.45, 7) is 3.55. The molecule has 0 saturated carbocycles. The molecule has 1 spiro atoms. The van der Waals surface area contributed by atoms with Crippen molar-refractivity contribution in [1.82, 2.24) is 4.90 Å².